The Morgan fingerprint density at radius 3 is 1.79 bits per heavy atom. The summed E-state index contributed by atoms with van der Waals surface area (Å²) in [5.74, 6) is 0. The lowest BCUT2D eigenvalue weighted by atomic mass is 10.1. The first-order valence-corrected chi connectivity index (χ1v) is 7.01. The molecule has 0 rings (SSSR count). The Labute approximate surface area is 96.3 Å². The number of unbranched alkanes of at least 4 members (excludes halogenated alkanes) is 7. The van der Waals surface area contributed by atoms with E-state index in [2.05, 4.69) is 26.5 Å². The SMILES string of the molecule is CCCCCCCCCCC(S)CC. The second-order valence-electron chi connectivity index (χ2n) is 4.33. The van der Waals surface area contributed by atoms with Gasteiger partial charge in [0.05, 0.1) is 0 Å². The lowest BCUT2D eigenvalue weighted by Crippen LogP contribution is -1.95. The molecule has 1 atom stereocenters. The molecule has 0 saturated carbocycles. The van der Waals surface area contributed by atoms with Crippen LogP contribution in [0.2, 0.25) is 0 Å². The van der Waals surface area contributed by atoms with E-state index in [1.165, 1.54) is 64.2 Å². The predicted molar refractivity (Wildman–Crippen MR) is 70.3 cm³/mol. The van der Waals surface area contributed by atoms with Crippen molar-refractivity contribution in [1.82, 2.24) is 0 Å². The van der Waals surface area contributed by atoms with Crippen molar-refractivity contribution >= 4 is 12.6 Å². The van der Waals surface area contributed by atoms with E-state index in [-0.39, 0.29) is 0 Å². The van der Waals surface area contributed by atoms with E-state index in [0.717, 1.165) is 0 Å². The third-order valence-corrected chi connectivity index (χ3v) is 3.49. The molecule has 0 fully saturated rings. The molecule has 0 nitrogen and oxygen atoms in total. The molecule has 0 aliphatic rings. The average Bonchev–Trinajstić information content (AvgIpc) is 2.21. The van der Waals surface area contributed by atoms with Gasteiger partial charge in [0.1, 0.15) is 0 Å². The predicted octanol–water partition coefficient (Wildman–Crippen LogP) is 5.23. The standard InChI is InChI=1S/C13H28S/c1-3-5-6-7-8-9-10-11-12-13(14)4-2/h13-14H,3-12H2,1-2H3. The van der Waals surface area contributed by atoms with Crippen molar-refractivity contribution in [2.24, 2.45) is 0 Å². The van der Waals surface area contributed by atoms with Crippen molar-refractivity contribution in [2.75, 3.05) is 0 Å². The Bertz CT molecular complexity index is 101. The molecular weight excluding hydrogens is 188 g/mol. The summed E-state index contributed by atoms with van der Waals surface area (Å²) in [4.78, 5) is 0. The number of rotatable bonds is 10. The zero-order valence-electron chi connectivity index (χ0n) is 10.1. The normalized spacial score (nSPS) is 13.1. The quantitative estimate of drug-likeness (QED) is 0.375. The minimum atomic E-state index is 0.648. The number of hydrogen-bond donors (Lipinski definition) is 1. The molecule has 0 radical (unpaired) electrons. The van der Waals surface area contributed by atoms with Crippen molar-refractivity contribution in [2.45, 2.75) is 83.3 Å². The van der Waals surface area contributed by atoms with Crippen molar-refractivity contribution in [1.29, 1.82) is 0 Å². The van der Waals surface area contributed by atoms with E-state index in [1.54, 1.807) is 0 Å². The summed E-state index contributed by atoms with van der Waals surface area (Å²) >= 11 is 4.50. The average molecular weight is 216 g/mol. The van der Waals surface area contributed by atoms with Gasteiger partial charge in [-0.1, -0.05) is 65.2 Å². The van der Waals surface area contributed by atoms with Crippen molar-refractivity contribution in [3.63, 3.8) is 0 Å². The number of thiol groups is 1. The van der Waals surface area contributed by atoms with Gasteiger partial charge in [-0.25, -0.2) is 0 Å². The molecule has 0 aromatic heterocycles. The van der Waals surface area contributed by atoms with Gasteiger partial charge in [0.2, 0.25) is 0 Å². The van der Waals surface area contributed by atoms with Gasteiger partial charge in [0.15, 0.2) is 0 Å². The Kier molecular flexibility index (Phi) is 11.7. The maximum Gasteiger partial charge on any atom is 0.00141 e. The van der Waals surface area contributed by atoms with E-state index >= 15 is 0 Å². The molecule has 0 spiro atoms. The summed E-state index contributed by atoms with van der Waals surface area (Å²) in [5.41, 5.74) is 0. The molecule has 14 heavy (non-hydrogen) atoms. The fourth-order valence-corrected chi connectivity index (χ4v) is 1.90. The first kappa shape index (κ1) is 14.3. The van der Waals surface area contributed by atoms with Gasteiger partial charge in [-0.3, -0.25) is 0 Å². The highest BCUT2D eigenvalue weighted by Crippen LogP contribution is 2.14. The molecule has 1 heteroatoms. The van der Waals surface area contributed by atoms with Crippen LogP contribution in [0.4, 0.5) is 0 Å². The van der Waals surface area contributed by atoms with Crippen LogP contribution in [-0.2, 0) is 0 Å². The second-order valence-corrected chi connectivity index (χ2v) is 5.06. The molecule has 0 aromatic rings. The minimum Gasteiger partial charge on any atom is -0.176 e. The molecule has 0 amide bonds. The first-order chi connectivity index (χ1) is 6.81. The van der Waals surface area contributed by atoms with Gasteiger partial charge in [-0.05, 0) is 12.8 Å². The highest BCUT2D eigenvalue weighted by molar-refractivity contribution is 7.80. The van der Waals surface area contributed by atoms with E-state index in [9.17, 15) is 0 Å². The summed E-state index contributed by atoms with van der Waals surface area (Å²) in [7, 11) is 0. The van der Waals surface area contributed by atoms with Crippen LogP contribution in [0.5, 0.6) is 0 Å². The monoisotopic (exact) mass is 216 g/mol. The Morgan fingerprint density at radius 1 is 0.786 bits per heavy atom. The van der Waals surface area contributed by atoms with Gasteiger partial charge in [0, 0.05) is 5.25 Å². The summed E-state index contributed by atoms with van der Waals surface area (Å²) in [6.45, 7) is 4.50. The van der Waals surface area contributed by atoms with E-state index < -0.39 is 0 Å². The zero-order valence-corrected chi connectivity index (χ0v) is 11.0. The van der Waals surface area contributed by atoms with Gasteiger partial charge in [-0.2, -0.15) is 12.6 Å². The van der Waals surface area contributed by atoms with E-state index in [4.69, 9.17) is 0 Å². The van der Waals surface area contributed by atoms with Crippen LogP contribution >= 0.6 is 12.6 Å². The molecule has 0 aliphatic heterocycles. The third-order valence-electron chi connectivity index (χ3n) is 2.86. The molecular formula is C13H28S. The largest absolute Gasteiger partial charge is 0.176 e. The van der Waals surface area contributed by atoms with Crippen molar-refractivity contribution in [3.8, 4) is 0 Å². The molecule has 0 saturated heterocycles. The molecule has 0 aromatic carbocycles. The Hall–Kier alpha value is 0.350. The fourth-order valence-electron chi connectivity index (χ4n) is 1.72. The van der Waals surface area contributed by atoms with Crippen LogP contribution in [0.1, 0.15) is 78.1 Å². The third kappa shape index (κ3) is 10.4. The molecule has 86 valence electrons. The summed E-state index contributed by atoms with van der Waals surface area (Å²) in [5, 5.41) is 0.648. The zero-order chi connectivity index (χ0) is 10.6. The molecule has 0 N–H and O–H groups in total. The van der Waals surface area contributed by atoms with Crippen molar-refractivity contribution < 1.29 is 0 Å². The molecule has 0 aliphatic carbocycles. The van der Waals surface area contributed by atoms with Crippen LogP contribution in [-0.4, -0.2) is 5.25 Å². The van der Waals surface area contributed by atoms with Gasteiger partial charge >= 0.3 is 0 Å². The maximum atomic E-state index is 4.50. The minimum absolute atomic E-state index is 0.648. The summed E-state index contributed by atoms with van der Waals surface area (Å²) in [6, 6.07) is 0. The van der Waals surface area contributed by atoms with E-state index in [0.29, 0.717) is 5.25 Å². The lowest BCUT2D eigenvalue weighted by molar-refractivity contribution is 0.558. The first-order valence-electron chi connectivity index (χ1n) is 6.49. The highest BCUT2D eigenvalue weighted by Gasteiger charge is 1.98. The highest BCUT2D eigenvalue weighted by atomic mass is 32.1. The maximum absolute atomic E-state index is 4.50. The fraction of sp³-hybridized carbons (Fsp3) is 1.00. The molecule has 0 heterocycles. The molecule has 1 unspecified atom stereocenters. The number of hydrogen-bond acceptors (Lipinski definition) is 1. The van der Waals surface area contributed by atoms with Crippen LogP contribution in [0.25, 0.3) is 0 Å². The summed E-state index contributed by atoms with van der Waals surface area (Å²) in [6.07, 6.45) is 13.9. The van der Waals surface area contributed by atoms with Crippen LogP contribution in [0.15, 0.2) is 0 Å². The Balaban J connectivity index is 2.92. The van der Waals surface area contributed by atoms with Crippen LogP contribution in [0.3, 0.4) is 0 Å². The van der Waals surface area contributed by atoms with Crippen molar-refractivity contribution in [3.05, 3.63) is 0 Å². The van der Waals surface area contributed by atoms with Gasteiger partial charge < -0.3 is 0 Å². The second kappa shape index (κ2) is 11.4. The van der Waals surface area contributed by atoms with Crippen LogP contribution < -0.4 is 0 Å². The van der Waals surface area contributed by atoms with Gasteiger partial charge in [0.25, 0.3) is 0 Å². The lowest BCUT2D eigenvalue weighted by Gasteiger charge is -2.06. The smallest absolute Gasteiger partial charge is 0.00141 e. The van der Waals surface area contributed by atoms with E-state index in [1.807, 2.05) is 0 Å². The topological polar surface area (TPSA) is 0 Å². The Morgan fingerprint density at radius 2 is 1.29 bits per heavy atom. The molecule has 0 bridgehead atoms. The van der Waals surface area contributed by atoms with Crippen LogP contribution in [0, 0.1) is 0 Å². The van der Waals surface area contributed by atoms with Gasteiger partial charge in [-0.15, -0.1) is 0 Å². The summed E-state index contributed by atoms with van der Waals surface area (Å²) < 4.78 is 0.